The van der Waals surface area contributed by atoms with Crippen LogP contribution < -0.4 is 5.73 Å². The molecule has 1 aliphatic heterocycles. The average molecular weight is 155 g/mol. The molecule has 0 unspecified atom stereocenters. The SMILES string of the molecule is NCC1(C(F)(F)F)COC1. The van der Waals surface area contributed by atoms with Gasteiger partial charge in [-0.3, -0.25) is 0 Å². The molecule has 0 aromatic rings. The van der Waals surface area contributed by atoms with Crippen molar-refractivity contribution in [2.45, 2.75) is 6.18 Å². The first-order chi connectivity index (χ1) is 4.52. The molecule has 1 saturated heterocycles. The van der Waals surface area contributed by atoms with E-state index in [-0.39, 0.29) is 19.8 Å². The summed E-state index contributed by atoms with van der Waals surface area (Å²) in [6.45, 7) is -0.948. The Hall–Kier alpha value is -0.290. The Morgan fingerprint density at radius 3 is 1.90 bits per heavy atom. The summed E-state index contributed by atoms with van der Waals surface area (Å²) in [5.41, 5.74) is 3.21. The van der Waals surface area contributed by atoms with Gasteiger partial charge in [0.25, 0.3) is 0 Å². The fourth-order valence-electron chi connectivity index (χ4n) is 0.746. The molecule has 0 aromatic carbocycles. The summed E-state index contributed by atoms with van der Waals surface area (Å²) in [6.07, 6.45) is -4.21. The monoisotopic (exact) mass is 155 g/mol. The molecule has 5 heteroatoms. The van der Waals surface area contributed by atoms with Crippen LogP contribution in [0, 0.1) is 5.41 Å². The molecule has 0 radical (unpaired) electrons. The third-order valence-corrected chi connectivity index (χ3v) is 1.75. The highest BCUT2D eigenvalue weighted by atomic mass is 19.4. The molecule has 0 atom stereocenters. The molecule has 0 spiro atoms. The number of hydrogen-bond donors (Lipinski definition) is 1. The summed E-state index contributed by atoms with van der Waals surface area (Å²) in [7, 11) is 0. The number of alkyl halides is 3. The van der Waals surface area contributed by atoms with Crippen LogP contribution in [0.5, 0.6) is 0 Å². The van der Waals surface area contributed by atoms with Crippen LogP contribution in [-0.4, -0.2) is 25.9 Å². The van der Waals surface area contributed by atoms with E-state index >= 15 is 0 Å². The van der Waals surface area contributed by atoms with Crippen molar-refractivity contribution in [2.75, 3.05) is 19.8 Å². The van der Waals surface area contributed by atoms with Gasteiger partial charge >= 0.3 is 6.18 Å². The van der Waals surface area contributed by atoms with Gasteiger partial charge in [-0.1, -0.05) is 0 Å². The van der Waals surface area contributed by atoms with Gasteiger partial charge in [0.15, 0.2) is 0 Å². The maximum atomic E-state index is 12.0. The van der Waals surface area contributed by atoms with Crippen molar-refractivity contribution in [2.24, 2.45) is 11.1 Å². The molecule has 2 nitrogen and oxygen atoms in total. The van der Waals surface area contributed by atoms with Gasteiger partial charge < -0.3 is 10.5 Å². The largest absolute Gasteiger partial charge is 0.400 e. The normalized spacial score (nSPS) is 24.0. The lowest BCUT2D eigenvalue weighted by Gasteiger charge is -2.41. The maximum absolute atomic E-state index is 12.0. The van der Waals surface area contributed by atoms with Gasteiger partial charge in [0.1, 0.15) is 5.41 Å². The standard InChI is InChI=1S/C5H8F3NO/c6-5(7,8)4(1-9)2-10-3-4/h1-3,9H2. The average Bonchev–Trinajstić information content (AvgIpc) is 1.58. The van der Waals surface area contributed by atoms with Crippen molar-refractivity contribution in [3.8, 4) is 0 Å². The lowest BCUT2D eigenvalue weighted by Crippen LogP contribution is -2.58. The third-order valence-electron chi connectivity index (χ3n) is 1.75. The van der Waals surface area contributed by atoms with Crippen molar-refractivity contribution in [1.82, 2.24) is 0 Å². The highest BCUT2D eigenvalue weighted by Gasteiger charge is 2.58. The molecule has 60 valence electrons. The smallest absolute Gasteiger partial charge is 0.379 e. The Morgan fingerprint density at radius 2 is 1.90 bits per heavy atom. The van der Waals surface area contributed by atoms with E-state index < -0.39 is 11.6 Å². The fraction of sp³-hybridized carbons (Fsp3) is 1.00. The molecule has 0 amide bonds. The van der Waals surface area contributed by atoms with Gasteiger partial charge in [0.05, 0.1) is 13.2 Å². The minimum Gasteiger partial charge on any atom is -0.379 e. The molecule has 2 N–H and O–H groups in total. The van der Waals surface area contributed by atoms with E-state index in [0.29, 0.717) is 0 Å². The van der Waals surface area contributed by atoms with Gasteiger partial charge in [-0.15, -0.1) is 0 Å². The summed E-state index contributed by atoms with van der Waals surface area (Å²) in [6, 6.07) is 0. The molecule has 10 heavy (non-hydrogen) atoms. The number of nitrogens with two attached hydrogens (primary N) is 1. The summed E-state index contributed by atoms with van der Waals surface area (Å²) in [5, 5.41) is 0. The molecule has 1 rings (SSSR count). The lowest BCUT2D eigenvalue weighted by atomic mass is 9.85. The highest BCUT2D eigenvalue weighted by Crippen LogP contribution is 2.42. The first-order valence-electron chi connectivity index (χ1n) is 2.86. The van der Waals surface area contributed by atoms with E-state index in [1.165, 1.54) is 0 Å². The van der Waals surface area contributed by atoms with Crippen LogP contribution in [0.15, 0.2) is 0 Å². The topological polar surface area (TPSA) is 35.2 Å². The second kappa shape index (κ2) is 2.10. The third kappa shape index (κ3) is 0.894. The van der Waals surface area contributed by atoms with E-state index in [1.807, 2.05) is 0 Å². The molecule has 1 aliphatic rings. The van der Waals surface area contributed by atoms with Gasteiger partial charge in [-0.2, -0.15) is 13.2 Å². The van der Waals surface area contributed by atoms with Crippen LogP contribution in [0.25, 0.3) is 0 Å². The fourth-order valence-corrected chi connectivity index (χ4v) is 0.746. The Labute approximate surface area is 56.1 Å². The van der Waals surface area contributed by atoms with Crippen LogP contribution in [0.4, 0.5) is 13.2 Å². The van der Waals surface area contributed by atoms with Crippen molar-refractivity contribution >= 4 is 0 Å². The van der Waals surface area contributed by atoms with Crippen LogP contribution >= 0.6 is 0 Å². The minimum absolute atomic E-state index is 0.285. The molecular formula is C5H8F3NO. The first kappa shape index (κ1) is 7.81. The van der Waals surface area contributed by atoms with E-state index in [9.17, 15) is 13.2 Å². The molecule has 0 aliphatic carbocycles. The second-order valence-electron chi connectivity index (χ2n) is 2.48. The van der Waals surface area contributed by atoms with E-state index in [4.69, 9.17) is 5.73 Å². The second-order valence-corrected chi connectivity index (χ2v) is 2.48. The van der Waals surface area contributed by atoms with Crippen molar-refractivity contribution < 1.29 is 17.9 Å². The summed E-state index contributed by atoms with van der Waals surface area (Å²) < 4.78 is 40.4. The zero-order valence-corrected chi connectivity index (χ0v) is 5.24. The van der Waals surface area contributed by atoms with Crippen LogP contribution in [0.2, 0.25) is 0 Å². The van der Waals surface area contributed by atoms with Gasteiger partial charge in [0, 0.05) is 6.54 Å². The Balaban J connectivity index is 2.65. The van der Waals surface area contributed by atoms with Gasteiger partial charge in [-0.25, -0.2) is 0 Å². The van der Waals surface area contributed by atoms with E-state index in [2.05, 4.69) is 4.74 Å². The van der Waals surface area contributed by atoms with Gasteiger partial charge in [0.2, 0.25) is 0 Å². The predicted octanol–water partition coefficient (Wildman–Crippen LogP) is 0.524. The van der Waals surface area contributed by atoms with Crippen molar-refractivity contribution in [3.05, 3.63) is 0 Å². The number of rotatable bonds is 1. The zero-order valence-electron chi connectivity index (χ0n) is 5.24. The zero-order chi connectivity index (χ0) is 7.83. The summed E-state index contributed by atoms with van der Waals surface area (Å²) in [4.78, 5) is 0. The quantitative estimate of drug-likeness (QED) is 0.599. The molecule has 0 bridgehead atoms. The van der Waals surface area contributed by atoms with E-state index in [0.717, 1.165) is 0 Å². The molecule has 1 fully saturated rings. The van der Waals surface area contributed by atoms with Crippen molar-refractivity contribution in [1.29, 1.82) is 0 Å². The van der Waals surface area contributed by atoms with Crippen molar-refractivity contribution in [3.63, 3.8) is 0 Å². The molecule has 0 saturated carbocycles. The maximum Gasteiger partial charge on any atom is 0.400 e. The van der Waals surface area contributed by atoms with Crippen LogP contribution in [0.3, 0.4) is 0 Å². The van der Waals surface area contributed by atoms with Gasteiger partial charge in [-0.05, 0) is 0 Å². The predicted molar refractivity (Wildman–Crippen MR) is 28.4 cm³/mol. The Bertz CT molecular complexity index is 124. The minimum atomic E-state index is -4.21. The molecular weight excluding hydrogens is 147 g/mol. The summed E-state index contributed by atoms with van der Waals surface area (Å²) >= 11 is 0. The molecule has 1 heterocycles. The van der Waals surface area contributed by atoms with Crippen LogP contribution in [-0.2, 0) is 4.74 Å². The van der Waals surface area contributed by atoms with E-state index in [1.54, 1.807) is 0 Å². The number of hydrogen-bond acceptors (Lipinski definition) is 2. The highest BCUT2D eigenvalue weighted by molar-refractivity contribution is 4.92. The Morgan fingerprint density at radius 1 is 1.40 bits per heavy atom. The van der Waals surface area contributed by atoms with Crippen LogP contribution in [0.1, 0.15) is 0 Å². The number of ether oxygens (including phenoxy) is 1. The number of halogens is 3. The Kier molecular flexibility index (Phi) is 1.64. The molecule has 0 aromatic heterocycles. The lowest BCUT2D eigenvalue weighted by molar-refractivity contribution is -0.298. The first-order valence-corrected chi connectivity index (χ1v) is 2.86. The summed E-state index contributed by atoms with van der Waals surface area (Å²) in [5.74, 6) is 0.